The van der Waals surface area contributed by atoms with Gasteiger partial charge in [0.05, 0.1) is 11.6 Å². The van der Waals surface area contributed by atoms with Crippen LogP contribution < -0.4 is 0 Å². The average Bonchev–Trinajstić information content (AvgIpc) is 2.82. The van der Waals surface area contributed by atoms with Gasteiger partial charge in [0, 0.05) is 15.6 Å². The van der Waals surface area contributed by atoms with Gasteiger partial charge in [-0.25, -0.2) is 0 Å². The minimum atomic E-state index is 0.706. The molecule has 1 nitrogen and oxygen atoms in total. The number of nitrogens with zero attached hydrogens (tertiary/aromatic N) is 1. The van der Waals surface area contributed by atoms with Gasteiger partial charge >= 0.3 is 0 Å². The lowest BCUT2D eigenvalue weighted by Gasteiger charge is -2.00. The van der Waals surface area contributed by atoms with Gasteiger partial charge in [-0.3, -0.25) is 0 Å². The number of benzene rings is 2. The highest BCUT2D eigenvalue weighted by Crippen LogP contribution is 2.33. The largest absolute Gasteiger partial charge is 0.192 e. The molecule has 0 bridgehead atoms. The summed E-state index contributed by atoms with van der Waals surface area (Å²) in [5.41, 5.74) is 3.03. The molecule has 0 aliphatic rings. The number of rotatable bonds is 1. The van der Waals surface area contributed by atoms with Crippen molar-refractivity contribution in [2.24, 2.45) is 0 Å². The van der Waals surface area contributed by atoms with E-state index in [0.29, 0.717) is 5.56 Å². The van der Waals surface area contributed by atoms with E-state index < -0.39 is 0 Å². The minimum absolute atomic E-state index is 0.706. The fraction of sp³-hybridized carbons (Fsp3) is 0. The number of nitriles is 1. The Morgan fingerprint density at radius 2 is 1.88 bits per heavy atom. The molecule has 2 heteroatoms. The fourth-order valence-corrected chi connectivity index (χ4v) is 2.93. The van der Waals surface area contributed by atoms with Crippen molar-refractivity contribution in [2.45, 2.75) is 0 Å². The first kappa shape index (κ1) is 10.1. The number of hydrogen-bond acceptors (Lipinski definition) is 2. The topological polar surface area (TPSA) is 23.8 Å². The average molecular weight is 235 g/mol. The van der Waals surface area contributed by atoms with Crippen molar-refractivity contribution < 1.29 is 0 Å². The van der Waals surface area contributed by atoms with Crippen molar-refractivity contribution in [1.29, 1.82) is 5.26 Å². The predicted octanol–water partition coefficient (Wildman–Crippen LogP) is 4.44. The normalized spacial score (nSPS) is 10.3. The van der Waals surface area contributed by atoms with Crippen molar-refractivity contribution in [3.8, 4) is 17.2 Å². The van der Waals surface area contributed by atoms with Crippen LogP contribution >= 0.6 is 11.3 Å². The van der Waals surface area contributed by atoms with Gasteiger partial charge in [0.2, 0.25) is 0 Å². The van der Waals surface area contributed by atoms with E-state index in [1.807, 2.05) is 30.3 Å². The Morgan fingerprint density at radius 3 is 2.76 bits per heavy atom. The third-order valence-corrected chi connectivity index (χ3v) is 3.75. The second kappa shape index (κ2) is 4.04. The quantitative estimate of drug-likeness (QED) is 0.611. The molecule has 1 heterocycles. The van der Waals surface area contributed by atoms with E-state index in [-0.39, 0.29) is 0 Å². The first-order valence-corrected chi connectivity index (χ1v) is 6.23. The Morgan fingerprint density at radius 1 is 1.00 bits per heavy atom. The molecule has 0 atom stereocenters. The second-order valence-corrected chi connectivity index (χ2v) is 4.75. The van der Waals surface area contributed by atoms with Gasteiger partial charge in [-0.2, -0.15) is 5.26 Å². The van der Waals surface area contributed by atoms with E-state index in [2.05, 4.69) is 29.6 Å². The summed E-state index contributed by atoms with van der Waals surface area (Å²) in [5.74, 6) is 0. The van der Waals surface area contributed by atoms with Crippen molar-refractivity contribution >= 4 is 21.4 Å². The van der Waals surface area contributed by atoms with E-state index in [1.165, 1.54) is 15.6 Å². The molecule has 3 aromatic rings. The molecule has 17 heavy (non-hydrogen) atoms. The molecular weight excluding hydrogens is 226 g/mol. The number of hydrogen-bond donors (Lipinski definition) is 0. The SMILES string of the molecule is N#Cc1cccc(-c2csc3ccccc23)c1. The van der Waals surface area contributed by atoms with Crippen molar-refractivity contribution in [3.05, 3.63) is 59.5 Å². The van der Waals surface area contributed by atoms with Crippen molar-refractivity contribution in [1.82, 2.24) is 0 Å². The Hall–Kier alpha value is -2.11. The van der Waals surface area contributed by atoms with Crippen molar-refractivity contribution in [3.63, 3.8) is 0 Å². The second-order valence-electron chi connectivity index (χ2n) is 3.84. The smallest absolute Gasteiger partial charge is 0.0991 e. The Kier molecular flexibility index (Phi) is 2.40. The van der Waals surface area contributed by atoms with E-state index in [4.69, 9.17) is 5.26 Å². The van der Waals surface area contributed by atoms with Crippen LogP contribution in [0.1, 0.15) is 5.56 Å². The minimum Gasteiger partial charge on any atom is -0.192 e. The zero-order valence-electron chi connectivity index (χ0n) is 9.05. The number of fused-ring (bicyclic) bond motifs is 1. The van der Waals surface area contributed by atoms with Crippen molar-refractivity contribution in [2.75, 3.05) is 0 Å². The van der Waals surface area contributed by atoms with Gasteiger partial charge in [-0.05, 0) is 29.1 Å². The van der Waals surface area contributed by atoms with E-state index in [0.717, 1.165) is 5.56 Å². The Labute approximate surface area is 104 Å². The molecule has 0 aliphatic carbocycles. The van der Waals surface area contributed by atoms with E-state index in [1.54, 1.807) is 11.3 Å². The first-order valence-electron chi connectivity index (χ1n) is 5.35. The first-order chi connectivity index (χ1) is 8.38. The van der Waals surface area contributed by atoms with Crippen LogP contribution in [0.5, 0.6) is 0 Å². The molecule has 0 saturated carbocycles. The van der Waals surface area contributed by atoms with Crippen LogP contribution in [0.2, 0.25) is 0 Å². The summed E-state index contributed by atoms with van der Waals surface area (Å²) < 4.78 is 1.28. The maximum Gasteiger partial charge on any atom is 0.0991 e. The summed E-state index contributed by atoms with van der Waals surface area (Å²) in [5, 5.41) is 12.3. The highest BCUT2D eigenvalue weighted by molar-refractivity contribution is 7.17. The Bertz CT molecular complexity index is 719. The van der Waals surface area contributed by atoms with Crippen LogP contribution in [0.15, 0.2) is 53.9 Å². The molecule has 0 N–H and O–H groups in total. The zero-order valence-corrected chi connectivity index (χ0v) is 9.87. The highest BCUT2D eigenvalue weighted by atomic mass is 32.1. The third kappa shape index (κ3) is 1.71. The molecule has 0 unspecified atom stereocenters. The lowest BCUT2D eigenvalue weighted by molar-refractivity contribution is 1.48. The van der Waals surface area contributed by atoms with Crippen LogP contribution in [-0.4, -0.2) is 0 Å². The highest BCUT2D eigenvalue weighted by Gasteiger charge is 2.05. The molecule has 0 fully saturated rings. The van der Waals surface area contributed by atoms with Gasteiger partial charge < -0.3 is 0 Å². The van der Waals surface area contributed by atoms with Crippen LogP contribution in [0.3, 0.4) is 0 Å². The molecular formula is C15H9NS. The molecule has 2 aromatic carbocycles. The standard InChI is InChI=1S/C15H9NS/c16-9-11-4-3-5-12(8-11)14-10-17-15-7-2-1-6-13(14)15/h1-8,10H. The zero-order chi connectivity index (χ0) is 11.7. The van der Waals surface area contributed by atoms with Crippen LogP contribution in [0, 0.1) is 11.3 Å². The maximum atomic E-state index is 8.93. The van der Waals surface area contributed by atoms with E-state index in [9.17, 15) is 0 Å². The fourth-order valence-electron chi connectivity index (χ4n) is 1.96. The van der Waals surface area contributed by atoms with Gasteiger partial charge in [-0.1, -0.05) is 30.3 Å². The summed E-state index contributed by atoms with van der Waals surface area (Å²) in [7, 11) is 0. The van der Waals surface area contributed by atoms with Crippen LogP contribution in [0.25, 0.3) is 21.2 Å². The van der Waals surface area contributed by atoms with Gasteiger partial charge in [0.25, 0.3) is 0 Å². The summed E-state index contributed by atoms with van der Waals surface area (Å²) in [6.45, 7) is 0. The van der Waals surface area contributed by atoms with Gasteiger partial charge in [0.1, 0.15) is 0 Å². The predicted molar refractivity (Wildman–Crippen MR) is 72.0 cm³/mol. The number of thiophene rings is 1. The van der Waals surface area contributed by atoms with Gasteiger partial charge in [0.15, 0.2) is 0 Å². The van der Waals surface area contributed by atoms with Crippen LogP contribution in [0.4, 0.5) is 0 Å². The molecule has 0 saturated heterocycles. The monoisotopic (exact) mass is 235 g/mol. The summed E-state index contributed by atoms with van der Waals surface area (Å²) in [6, 6.07) is 18.3. The molecule has 3 rings (SSSR count). The van der Waals surface area contributed by atoms with Gasteiger partial charge in [-0.15, -0.1) is 11.3 Å². The molecule has 0 radical (unpaired) electrons. The molecule has 1 aromatic heterocycles. The summed E-state index contributed by atoms with van der Waals surface area (Å²) >= 11 is 1.74. The summed E-state index contributed by atoms with van der Waals surface area (Å²) in [6.07, 6.45) is 0. The lowest BCUT2D eigenvalue weighted by Crippen LogP contribution is -1.78. The molecule has 0 aliphatic heterocycles. The van der Waals surface area contributed by atoms with Crippen LogP contribution in [-0.2, 0) is 0 Å². The molecule has 0 amide bonds. The maximum absolute atomic E-state index is 8.93. The third-order valence-electron chi connectivity index (χ3n) is 2.78. The lowest BCUT2D eigenvalue weighted by atomic mass is 10.0. The van der Waals surface area contributed by atoms with E-state index >= 15 is 0 Å². The summed E-state index contributed by atoms with van der Waals surface area (Å²) in [4.78, 5) is 0. The molecule has 80 valence electrons. The Balaban J connectivity index is 2.24. The molecule has 0 spiro atoms.